The maximum atomic E-state index is 11.9. The molecule has 0 saturated heterocycles. The van der Waals surface area contributed by atoms with Crippen LogP contribution >= 0.6 is 15.9 Å². The Morgan fingerprint density at radius 2 is 2.29 bits per heavy atom. The highest BCUT2D eigenvalue weighted by Crippen LogP contribution is 2.35. The van der Waals surface area contributed by atoms with Crippen LogP contribution in [0.15, 0.2) is 16.6 Å². The summed E-state index contributed by atoms with van der Waals surface area (Å²) in [4.78, 5) is 9.54. The highest BCUT2D eigenvalue weighted by atomic mass is 79.9. The van der Waals surface area contributed by atoms with Gasteiger partial charge in [0.1, 0.15) is 0 Å². The summed E-state index contributed by atoms with van der Waals surface area (Å²) < 4.78 is 27.8. The Bertz CT molecular complexity index is 359. The molecule has 0 spiro atoms. The third-order valence-corrected chi connectivity index (χ3v) is 1.90. The lowest BCUT2D eigenvalue weighted by atomic mass is 10.3. The lowest BCUT2D eigenvalue weighted by Crippen LogP contribution is -2.05. The second-order valence-corrected chi connectivity index (χ2v) is 2.99. The minimum atomic E-state index is -3.11. The van der Waals surface area contributed by atoms with Crippen molar-refractivity contribution in [2.75, 3.05) is 0 Å². The molecular weight excluding hydrogens is 264 g/mol. The van der Waals surface area contributed by atoms with Crippen LogP contribution < -0.4 is 4.74 Å². The van der Waals surface area contributed by atoms with Crippen molar-refractivity contribution in [2.24, 2.45) is 0 Å². The second kappa shape index (κ2) is 4.32. The normalized spacial score (nSPS) is 10.3. The number of halogens is 3. The number of nitro groups is 1. The van der Waals surface area contributed by atoms with Gasteiger partial charge in [-0.1, -0.05) is 0 Å². The van der Waals surface area contributed by atoms with Crippen LogP contribution in [0.1, 0.15) is 0 Å². The van der Waals surface area contributed by atoms with Gasteiger partial charge in [-0.05, 0) is 28.1 Å². The van der Waals surface area contributed by atoms with Gasteiger partial charge in [0.25, 0.3) is 0 Å². The number of alkyl halides is 2. The van der Waals surface area contributed by atoms with Crippen molar-refractivity contribution >= 4 is 21.6 Å². The largest absolute Gasteiger partial charge is 0.426 e. The topological polar surface area (TPSA) is 52.4 Å². The Labute approximate surface area is 85.8 Å². The van der Waals surface area contributed by atoms with Gasteiger partial charge in [0.05, 0.1) is 15.5 Å². The molecule has 0 aliphatic heterocycles. The number of ether oxygens (including phenoxy) is 1. The van der Waals surface area contributed by atoms with E-state index in [1.54, 1.807) is 0 Å². The smallest absolute Gasteiger partial charge is 0.387 e. The molecule has 1 aromatic rings. The van der Waals surface area contributed by atoms with E-state index in [-0.39, 0.29) is 4.47 Å². The van der Waals surface area contributed by atoms with Crippen molar-refractivity contribution in [2.45, 2.75) is 6.61 Å². The summed E-state index contributed by atoms with van der Waals surface area (Å²) in [7, 11) is 0. The van der Waals surface area contributed by atoms with Gasteiger partial charge in [0.15, 0.2) is 0 Å². The Balaban J connectivity index is 3.15. The third-order valence-electron chi connectivity index (χ3n) is 1.27. The summed E-state index contributed by atoms with van der Waals surface area (Å²) in [5, 5.41) is 10.4. The van der Waals surface area contributed by atoms with Crippen LogP contribution in [-0.4, -0.2) is 11.5 Å². The summed E-state index contributed by atoms with van der Waals surface area (Å²) in [5.74, 6) is -0.521. The average Bonchev–Trinajstić information content (AvgIpc) is 2.07. The van der Waals surface area contributed by atoms with Crippen molar-refractivity contribution in [3.05, 3.63) is 32.8 Å². The molecule has 0 saturated carbocycles. The SMILES string of the molecule is O=[N+]([O-])c1[c]ccc(Br)c1OC(F)F. The minimum absolute atomic E-state index is 0.0863. The summed E-state index contributed by atoms with van der Waals surface area (Å²) in [6, 6.07) is 4.76. The van der Waals surface area contributed by atoms with Crippen LogP contribution in [0.25, 0.3) is 0 Å². The average molecular weight is 267 g/mol. The van der Waals surface area contributed by atoms with E-state index >= 15 is 0 Å². The molecule has 1 rings (SSSR count). The quantitative estimate of drug-likeness (QED) is 0.625. The maximum absolute atomic E-state index is 11.9. The molecular formula is C7H3BrF2NO3. The van der Waals surface area contributed by atoms with E-state index in [0.29, 0.717) is 0 Å². The number of rotatable bonds is 3. The first-order chi connectivity index (χ1) is 6.52. The first-order valence-electron chi connectivity index (χ1n) is 3.31. The summed E-state index contributed by atoms with van der Waals surface area (Å²) in [6.45, 7) is -3.11. The van der Waals surface area contributed by atoms with E-state index in [0.717, 1.165) is 0 Å². The lowest BCUT2D eigenvalue weighted by Gasteiger charge is -2.05. The van der Waals surface area contributed by atoms with Crippen LogP contribution in [0, 0.1) is 16.2 Å². The molecule has 0 unspecified atom stereocenters. The van der Waals surface area contributed by atoms with Crippen LogP contribution in [0.2, 0.25) is 0 Å². The van der Waals surface area contributed by atoms with E-state index in [9.17, 15) is 18.9 Å². The Morgan fingerprint density at radius 3 is 2.79 bits per heavy atom. The first kappa shape index (κ1) is 10.8. The standard InChI is InChI=1S/C7H3BrF2NO3/c8-4-2-1-3-5(11(12)13)6(4)14-7(9)10/h1-2,7H. The van der Waals surface area contributed by atoms with Gasteiger partial charge in [0, 0.05) is 0 Å². The van der Waals surface area contributed by atoms with E-state index < -0.39 is 23.0 Å². The van der Waals surface area contributed by atoms with Crippen molar-refractivity contribution in [1.29, 1.82) is 0 Å². The van der Waals surface area contributed by atoms with E-state index in [4.69, 9.17) is 0 Å². The highest BCUT2D eigenvalue weighted by molar-refractivity contribution is 9.10. The van der Waals surface area contributed by atoms with Crippen molar-refractivity contribution in [3.8, 4) is 5.75 Å². The number of nitrogens with zero attached hydrogens (tertiary/aromatic N) is 1. The molecule has 0 bridgehead atoms. The number of benzene rings is 1. The van der Waals surface area contributed by atoms with E-state index in [2.05, 4.69) is 26.7 Å². The van der Waals surface area contributed by atoms with Gasteiger partial charge in [-0.2, -0.15) is 8.78 Å². The molecule has 14 heavy (non-hydrogen) atoms. The molecule has 0 amide bonds. The molecule has 0 atom stereocenters. The van der Waals surface area contributed by atoms with E-state index in [1.165, 1.54) is 12.1 Å². The summed E-state index contributed by atoms with van der Waals surface area (Å²) >= 11 is 2.86. The number of nitro benzene ring substituents is 1. The molecule has 0 aliphatic rings. The van der Waals surface area contributed by atoms with Crippen LogP contribution in [0.4, 0.5) is 14.5 Å². The van der Waals surface area contributed by atoms with Crippen LogP contribution in [-0.2, 0) is 0 Å². The monoisotopic (exact) mass is 266 g/mol. The number of hydrogen-bond acceptors (Lipinski definition) is 3. The van der Waals surface area contributed by atoms with Gasteiger partial charge in [-0.25, -0.2) is 0 Å². The van der Waals surface area contributed by atoms with Crippen molar-refractivity contribution in [3.63, 3.8) is 0 Å². The van der Waals surface area contributed by atoms with Crippen LogP contribution in [0.3, 0.4) is 0 Å². The van der Waals surface area contributed by atoms with Gasteiger partial charge >= 0.3 is 12.3 Å². The van der Waals surface area contributed by atoms with Gasteiger partial charge in [-0.15, -0.1) is 0 Å². The fourth-order valence-corrected chi connectivity index (χ4v) is 1.20. The zero-order valence-electron chi connectivity index (χ0n) is 6.54. The van der Waals surface area contributed by atoms with E-state index in [1.807, 2.05) is 0 Å². The molecule has 0 fully saturated rings. The molecule has 4 nitrogen and oxygen atoms in total. The highest BCUT2D eigenvalue weighted by Gasteiger charge is 2.21. The third kappa shape index (κ3) is 2.38. The Kier molecular flexibility index (Phi) is 3.34. The molecule has 0 aromatic heterocycles. The molecule has 1 radical (unpaired) electrons. The van der Waals surface area contributed by atoms with Gasteiger partial charge < -0.3 is 4.74 Å². The predicted molar refractivity (Wildman–Crippen MR) is 46.3 cm³/mol. The fourth-order valence-electron chi connectivity index (χ4n) is 0.785. The fraction of sp³-hybridized carbons (Fsp3) is 0.143. The Hall–Kier alpha value is -1.24. The molecule has 0 N–H and O–H groups in total. The first-order valence-corrected chi connectivity index (χ1v) is 4.11. The van der Waals surface area contributed by atoms with Crippen LogP contribution in [0.5, 0.6) is 5.75 Å². The summed E-state index contributed by atoms with van der Waals surface area (Å²) in [5.41, 5.74) is -0.625. The second-order valence-electron chi connectivity index (χ2n) is 2.14. The van der Waals surface area contributed by atoms with Crippen molar-refractivity contribution < 1.29 is 18.4 Å². The zero-order valence-corrected chi connectivity index (χ0v) is 8.12. The zero-order chi connectivity index (χ0) is 10.7. The molecule has 75 valence electrons. The Morgan fingerprint density at radius 1 is 1.64 bits per heavy atom. The molecule has 1 aromatic carbocycles. The molecule has 7 heteroatoms. The van der Waals surface area contributed by atoms with Gasteiger partial charge in [-0.3, -0.25) is 10.1 Å². The van der Waals surface area contributed by atoms with Gasteiger partial charge in [0.2, 0.25) is 5.75 Å². The van der Waals surface area contributed by atoms with Crippen molar-refractivity contribution in [1.82, 2.24) is 0 Å². The predicted octanol–water partition coefficient (Wildman–Crippen LogP) is 2.76. The molecule has 0 aliphatic carbocycles. The summed E-state index contributed by atoms with van der Waals surface area (Å²) in [6.07, 6.45) is 0. The molecule has 0 heterocycles. The maximum Gasteiger partial charge on any atom is 0.387 e. The minimum Gasteiger partial charge on any atom is -0.426 e. The lowest BCUT2D eigenvalue weighted by molar-refractivity contribution is -0.386. The number of hydrogen-bond donors (Lipinski definition) is 0.